The van der Waals surface area contributed by atoms with Crippen LogP contribution < -0.4 is 11.1 Å². The molecule has 19 heavy (non-hydrogen) atoms. The van der Waals surface area contributed by atoms with E-state index in [1.165, 1.54) is 35.2 Å². The number of halogens is 1. The minimum atomic E-state index is -0.403. The molecule has 0 aliphatic heterocycles. The summed E-state index contributed by atoms with van der Waals surface area (Å²) in [5.41, 5.74) is 5.76. The van der Waals surface area contributed by atoms with Crippen LogP contribution in [0.2, 0.25) is 0 Å². The Kier molecular flexibility index (Phi) is 4.33. The van der Waals surface area contributed by atoms with Crippen LogP contribution in [0.25, 0.3) is 0 Å². The second-order valence-electron chi connectivity index (χ2n) is 3.67. The van der Waals surface area contributed by atoms with Gasteiger partial charge in [0.15, 0.2) is 4.34 Å². The summed E-state index contributed by atoms with van der Waals surface area (Å²) in [7, 11) is 0. The van der Waals surface area contributed by atoms with Crippen molar-refractivity contribution in [3.63, 3.8) is 0 Å². The van der Waals surface area contributed by atoms with Gasteiger partial charge in [-0.1, -0.05) is 29.2 Å². The van der Waals surface area contributed by atoms with Gasteiger partial charge in [0.2, 0.25) is 11.0 Å². The molecular weight excluding hydrogens is 287 g/mol. The Labute approximate surface area is 117 Å². The van der Waals surface area contributed by atoms with E-state index in [2.05, 4.69) is 15.5 Å². The molecular formula is C11H11FN4OS2. The van der Waals surface area contributed by atoms with Crippen LogP contribution in [-0.2, 0) is 4.79 Å². The Bertz CT molecular complexity index is 590. The number of anilines is 2. The lowest BCUT2D eigenvalue weighted by atomic mass is 10.3. The lowest BCUT2D eigenvalue weighted by Crippen LogP contribution is -2.22. The van der Waals surface area contributed by atoms with Crippen molar-refractivity contribution in [2.75, 3.05) is 5.32 Å². The van der Waals surface area contributed by atoms with Crippen molar-refractivity contribution in [2.24, 2.45) is 5.73 Å². The molecule has 1 amide bonds. The zero-order valence-electron chi connectivity index (χ0n) is 9.96. The Balaban J connectivity index is 2.03. The van der Waals surface area contributed by atoms with Crippen molar-refractivity contribution < 1.29 is 9.18 Å². The molecule has 0 saturated heterocycles. The number of nitrogens with one attached hydrogen (secondary N) is 1. The van der Waals surface area contributed by atoms with Crippen LogP contribution >= 0.6 is 23.1 Å². The number of primary amides is 1. The van der Waals surface area contributed by atoms with Crippen molar-refractivity contribution in [2.45, 2.75) is 16.5 Å². The predicted molar refractivity (Wildman–Crippen MR) is 74.1 cm³/mol. The number of carbonyl (C=O) groups excluding carboxylic acids is 1. The third-order valence-electron chi connectivity index (χ3n) is 2.16. The SMILES string of the molecule is C[C@H](Sc1nnc(Nc2cccc(F)c2)s1)C(N)=O. The van der Waals surface area contributed by atoms with E-state index in [0.29, 0.717) is 15.2 Å². The van der Waals surface area contributed by atoms with Crippen molar-refractivity contribution in [3.05, 3.63) is 30.1 Å². The molecule has 5 nitrogen and oxygen atoms in total. The fourth-order valence-corrected chi connectivity index (χ4v) is 3.07. The number of carbonyl (C=O) groups is 1. The molecule has 0 spiro atoms. The second kappa shape index (κ2) is 5.98. The van der Waals surface area contributed by atoms with Gasteiger partial charge in [0.1, 0.15) is 5.82 Å². The minimum Gasteiger partial charge on any atom is -0.369 e. The molecule has 0 fully saturated rings. The smallest absolute Gasteiger partial charge is 0.230 e. The van der Waals surface area contributed by atoms with Crippen LogP contribution in [0.4, 0.5) is 15.2 Å². The molecule has 3 N–H and O–H groups in total. The highest BCUT2D eigenvalue weighted by Gasteiger charge is 2.14. The number of rotatable bonds is 5. The summed E-state index contributed by atoms with van der Waals surface area (Å²) in [5.74, 6) is -0.730. The minimum absolute atomic E-state index is 0.327. The topological polar surface area (TPSA) is 80.9 Å². The summed E-state index contributed by atoms with van der Waals surface area (Å²) in [6.45, 7) is 1.70. The standard InChI is InChI=1S/C11H11FN4OS2/c1-6(9(13)17)18-11-16-15-10(19-11)14-8-4-2-3-7(12)5-8/h2-6H,1H3,(H2,13,17)(H,14,15)/t6-/m0/s1. The molecule has 100 valence electrons. The highest BCUT2D eigenvalue weighted by Crippen LogP contribution is 2.30. The van der Waals surface area contributed by atoms with E-state index < -0.39 is 5.91 Å². The molecule has 0 radical (unpaired) electrons. The maximum atomic E-state index is 13.0. The summed E-state index contributed by atoms with van der Waals surface area (Å²) >= 11 is 2.52. The first-order valence-corrected chi connectivity index (χ1v) is 7.06. The number of thioether (sulfide) groups is 1. The molecule has 1 aromatic heterocycles. The van der Waals surface area contributed by atoms with E-state index in [9.17, 15) is 9.18 Å². The molecule has 8 heteroatoms. The molecule has 2 aromatic rings. The van der Waals surface area contributed by atoms with Gasteiger partial charge in [0.25, 0.3) is 0 Å². The van der Waals surface area contributed by atoms with E-state index >= 15 is 0 Å². The van der Waals surface area contributed by atoms with E-state index in [-0.39, 0.29) is 11.1 Å². The normalized spacial score (nSPS) is 12.1. The number of aromatic nitrogens is 2. The summed E-state index contributed by atoms with van der Waals surface area (Å²) in [5, 5.41) is 10.9. The molecule has 2 rings (SSSR count). The monoisotopic (exact) mass is 298 g/mol. The van der Waals surface area contributed by atoms with Crippen LogP contribution in [0.1, 0.15) is 6.92 Å². The first kappa shape index (κ1) is 13.8. The lowest BCUT2D eigenvalue weighted by Gasteiger charge is -2.02. The number of amides is 1. The van der Waals surface area contributed by atoms with E-state index in [0.717, 1.165) is 0 Å². The van der Waals surface area contributed by atoms with Crippen LogP contribution in [0.3, 0.4) is 0 Å². The van der Waals surface area contributed by atoms with Gasteiger partial charge in [-0.3, -0.25) is 4.79 Å². The predicted octanol–water partition coefficient (Wildman–Crippen LogP) is 2.39. The Morgan fingerprint density at radius 3 is 3.00 bits per heavy atom. The van der Waals surface area contributed by atoms with Crippen LogP contribution in [0.5, 0.6) is 0 Å². The quantitative estimate of drug-likeness (QED) is 0.828. The first-order valence-electron chi connectivity index (χ1n) is 5.36. The number of hydrogen-bond donors (Lipinski definition) is 2. The Morgan fingerprint density at radius 1 is 1.53 bits per heavy atom. The highest BCUT2D eigenvalue weighted by atomic mass is 32.2. The summed E-state index contributed by atoms with van der Waals surface area (Å²) in [6.07, 6.45) is 0. The number of nitrogens with zero attached hydrogens (tertiary/aromatic N) is 2. The second-order valence-corrected chi connectivity index (χ2v) is 6.24. The molecule has 1 atom stereocenters. The van der Waals surface area contributed by atoms with E-state index in [1.54, 1.807) is 19.1 Å². The van der Waals surface area contributed by atoms with Crippen molar-refractivity contribution in [1.29, 1.82) is 0 Å². The van der Waals surface area contributed by atoms with Gasteiger partial charge in [-0.05, 0) is 25.1 Å². The van der Waals surface area contributed by atoms with E-state index in [1.807, 2.05) is 0 Å². The molecule has 0 unspecified atom stereocenters. The molecule has 1 heterocycles. The average Bonchev–Trinajstić information content (AvgIpc) is 2.76. The third kappa shape index (κ3) is 3.90. The van der Waals surface area contributed by atoms with Crippen LogP contribution in [0.15, 0.2) is 28.6 Å². The molecule has 0 aliphatic rings. The van der Waals surface area contributed by atoms with Gasteiger partial charge in [-0.2, -0.15) is 0 Å². The van der Waals surface area contributed by atoms with Gasteiger partial charge in [-0.15, -0.1) is 10.2 Å². The Morgan fingerprint density at radius 2 is 2.32 bits per heavy atom. The molecule has 0 aliphatic carbocycles. The lowest BCUT2D eigenvalue weighted by molar-refractivity contribution is -0.117. The number of nitrogens with two attached hydrogens (primary N) is 1. The largest absolute Gasteiger partial charge is 0.369 e. The van der Waals surface area contributed by atoms with Crippen LogP contribution in [-0.4, -0.2) is 21.4 Å². The molecule has 1 aromatic carbocycles. The summed E-state index contributed by atoms with van der Waals surface area (Å²) in [6, 6.07) is 6.05. The number of hydrogen-bond acceptors (Lipinski definition) is 6. The zero-order chi connectivity index (χ0) is 13.8. The van der Waals surface area contributed by atoms with Crippen molar-refractivity contribution >= 4 is 39.8 Å². The Hall–Kier alpha value is -1.67. The zero-order valence-corrected chi connectivity index (χ0v) is 11.6. The van der Waals surface area contributed by atoms with Gasteiger partial charge in [0, 0.05) is 5.69 Å². The average molecular weight is 298 g/mol. The maximum Gasteiger partial charge on any atom is 0.230 e. The van der Waals surface area contributed by atoms with E-state index in [4.69, 9.17) is 5.73 Å². The van der Waals surface area contributed by atoms with Crippen LogP contribution in [0, 0.1) is 5.82 Å². The van der Waals surface area contributed by atoms with Gasteiger partial charge in [-0.25, -0.2) is 4.39 Å². The fraction of sp³-hybridized carbons (Fsp3) is 0.182. The van der Waals surface area contributed by atoms with Crippen molar-refractivity contribution in [3.8, 4) is 0 Å². The van der Waals surface area contributed by atoms with Gasteiger partial charge in [0.05, 0.1) is 5.25 Å². The maximum absolute atomic E-state index is 13.0. The van der Waals surface area contributed by atoms with Crippen molar-refractivity contribution in [1.82, 2.24) is 10.2 Å². The number of benzene rings is 1. The first-order chi connectivity index (χ1) is 9.04. The summed E-state index contributed by atoms with van der Waals surface area (Å²) < 4.78 is 13.6. The van der Waals surface area contributed by atoms with Gasteiger partial charge < -0.3 is 11.1 Å². The fourth-order valence-electron chi connectivity index (χ4n) is 1.21. The third-order valence-corrected chi connectivity index (χ3v) is 4.20. The van der Waals surface area contributed by atoms with Gasteiger partial charge >= 0.3 is 0 Å². The highest BCUT2D eigenvalue weighted by molar-refractivity contribution is 8.02. The summed E-state index contributed by atoms with van der Waals surface area (Å²) in [4.78, 5) is 10.9. The molecule has 0 saturated carbocycles. The molecule has 0 bridgehead atoms.